The Kier molecular flexibility index (Phi) is 7.34. The number of anilines is 3. The maximum absolute atomic E-state index is 11.8. The summed E-state index contributed by atoms with van der Waals surface area (Å²) in [5.41, 5.74) is 7.04. The van der Waals surface area contributed by atoms with Gasteiger partial charge in [0.2, 0.25) is 5.82 Å². The van der Waals surface area contributed by atoms with Crippen molar-refractivity contribution in [2.45, 2.75) is 13.0 Å². The second-order valence-corrected chi connectivity index (χ2v) is 7.44. The van der Waals surface area contributed by atoms with Gasteiger partial charge in [0.15, 0.2) is 0 Å². The summed E-state index contributed by atoms with van der Waals surface area (Å²) in [6, 6.07) is 14.8. The molecule has 11 heteroatoms. The Balaban J connectivity index is 2.08. The van der Waals surface area contributed by atoms with Crippen LogP contribution in [0.4, 0.5) is 27.8 Å². The second-order valence-electron chi connectivity index (χ2n) is 6.57. The summed E-state index contributed by atoms with van der Waals surface area (Å²) < 4.78 is 4.84. The van der Waals surface area contributed by atoms with Gasteiger partial charge in [-0.05, 0) is 42.3 Å². The summed E-state index contributed by atoms with van der Waals surface area (Å²) in [5, 5.41) is 18.4. The zero-order valence-electron chi connectivity index (χ0n) is 16.8. The Labute approximate surface area is 193 Å². The summed E-state index contributed by atoms with van der Waals surface area (Å²) >= 11 is 12.0. The van der Waals surface area contributed by atoms with Crippen LogP contribution >= 0.6 is 23.2 Å². The first kappa shape index (κ1) is 23.1. The van der Waals surface area contributed by atoms with Gasteiger partial charge in [-0.15, -0.1) is 0 Å². The highest BCUT2D eigenvalue weighted by Crippen LogP contribution is 2.37. The number of nitrogens with two attached hydrogens (primary N) is 1. The number of nitrogens with zero attached hydrogens (tertiary/aromatic N) is 2. The molecule has 1 heterocycles. The number of amides is 1. The van der Waals surface area contributed by atoms with Crippen LogP contribution in [-0.2, 0) is 4.74 Å². The van der Waals surface area contributed by atoms with E-state index >= 15 is 0 Å². The molecular formula is C21H19Cl2N5O4. The van der Waals surface area contributed by atoms with Crippen molar-refractivity contribution >= 4 is 52.3 Å². The van der Waals surface area contributed by atoms with Crippen molar-refractivity contribution in [1.29, 1.82) is 0 Å². The predicted octanol–water partition coefficient (Wildman–Crippen LogP) is 5.65. The Morgan fingerprint density at radius 1 is 1.12 bits per heavy atom. The van der Waals surface area contributed by atoms with Crippen LogP contribution in [0.3, 0.4) is 0 Å². The van der Waals surface area contributed by atoms with Gasteiger partial charge in [0.1, 0.15) is 11.5 Å². The van der Waals surface area contributed by atoms with Crippen molar-refractivity contribution < 1.29 is 14.5 Å². The molecule has 0 saturated carbocycles. The number of hydrogen-bond acceptors (Lipinski definition) is 7. The van der Waals surface area contributed by atoms with E-state index in [9.17, 15) is 14.9 Å². The van der Waals surface area contributed by atoms with Gasteiger partial charge in [-0.2, -0.15) is 0 Å². The number of nitrogens with one attached hydrogen (secondary N) is 2. The molecule has 3 aromatic rings. The number of rotatable bonds is 7. The van der Waals surface area contributed by atoms with Gasteiger partial charge in [0.05, 0.1) is 17.6 Å². The first-order chi connectivity index (χ1) is 15.3. The average Bonchev–Trinajstić information content (AvgIpc) is 2.73. The number of ether oxygens (including phenoxy) is 1. The van der Waals surface area contributed by atoms with Crippen LogP contribution in [0, 0.1) is 10.1 Å². The molecule has 0 atom stereocenters. The lowest BCUT2D eigenvalue weighted by Crippen LogP contribution is -2.17. The predicted molar refractivity (Wildman–Crippen MR) is 124 cm³/mol. The van der Waals surface area contributed by atoms with Crippen LogP contribution < -0.4 is 16.4 Å². The van der Waals surface area contributed by atoms with Crippen LogP contribution in [0.25, 0.3) is 0 Å². The van der Waals surface area contributed by atoms with Gasteiger partial charge in [-0.3, -0.25) is 15.4 Å². The molecule has 4 N–H and O–H groups in total. The average molecular weight is 476 g/mol. The summed E-state index contributed by atoms with van der Waals surface area (Å²) in [4.78, 5) is 26.8. The highest BCUT2D eigenvalue weighted by Gasteiger charge is 2.25. The van der Waals surface area contributed by atoms with E-state index in [1.807, 2.05) is 0 Å². The molecule has 2 aromatic carbocycles. The van der Waals surface area contributed by atoms with Crippen LogP contribution in [0.1, 0.15) is 24.1 Å². The molecule has 1 aromatic heterocycles. The van der Waals surface area contributed by atoms with E-state index in [0.717, 1.165) is 11.1 Å². The lowest BCUT2D eigenvalue weighted by Gasteiger charge is -2.22. The minimum Gasteiger partial charge on any atom is -0.450 e. The molecular weight excluding hydrogens is 457 g/mol. The van der Waals surface area contributed by atoms with Crippen molar-refractivity contribution in [2.24, 2.45) is 0 Å². The smallest absolute Gasteiger partial charge is 0.412 e. The van der Waals surface area contributed by atoms with Gasteiger partial charge in [-0.25, -0.2) is 9.78 Å². The van der Waals surface area contributed by atoms with E-state index in [1.165, 1.54) is 6.07 Å². The molecule has 0 aliphatic rings. The monoisotopic (exact) mass is 475 g/mol. The van der Waals surface area contributed by atoms with E-state index in [2.05, 4.69) is 15.6 Å². The number of nitro groups is 1. The minimum absolute atomic E-state index is 0.0000113. The normalized spacial score (nSPS) is 10.6. The molecule has 0 radical (unpaired) electrons. The first-order valence-corrected chi connectivity index (χ1v) is 10.2. The van der Waals surface area contributed by atoms with Crippen LogP contribution in [0.2, 0.25) is 10.0 Å². The lowest BCUT2D eigenvalue weighted by molar-refractivity contribution is -0.383. The Bertz CT molecular complexity index is 1080. The largest absolute Gasteiger partial charge is 0.450 e. The fourth-order valence-corrected chi connectivity index (χ4v) is 3.27. The van der Waals surface area contributed by atoms with E-state index in [4.69, 9.17) is 33.7 Å². The molecule has 0 aliphatic carbocycles. The van der Waals surface area contributed by atoms with Gasteiger partial charge in [0, 0.05) is 16.1 Å². The fraction of sp³-hybridized carbons (Fsp3) is 0.143. The van der Waals surface area contributed by atoms with E-state index in [-0.39, 0.29) is 23.9 Å². The standard InChI is InChI=1S/C21H19Cl2N5O4/c1-2-32-21(29)27-17-11-16(19(28(30)31)20(24)26-17)25-18(12-3-7-14(22)8-4-12)13-5-9-15(23)10-6-13/h3-11,18H,2H2,1H3,(H4,24,25,26,27,29). The number of hydrogen-bond donors (Lipinski definition) is 3. The van der Waals surface area contributed by atoms with Gasteiger partial charge < -0.3 is 15.8 Å². The van der Waals surface area contributed by atoms with Crippen molar-refractivity contribution in [3.63, 3.8) is 0 Å². The quantitative estimate of drug-likeness (QED) is 0.297. The van der Waals surface area contributed by atoms with Gasteiger partial charge in [-0.1, -0.05) is 47.5 Å². The zero-order valence-corrected chi connectivity index (χ0v) is 18.4. The van der Waals surface area contributed by atoms with E-state index < -0.39 is 22.7 Å². The molecule has 9 nitrogen and oxygen atoms in total. The number of pyridine rings is 1. The van der Waals surface area contributed by atoms with Crippen molar-refractivity contribution in [1.82, 2.24) is 4.98 Å². The molecule has 0 unspecified atom stereocenters. The third-order valence-electron chi connectivity index (χ3n) is 4.41. The van der Waals surface area contributed by atoms with Crippen molar-refractivity contribution in [3.05, 3.63) is 85.9 Å². The minimum atomic E-state index is -0.758. The van der Waals surface area contributed by atoms with E-state index in [1.54, 1.807) is 55.5 Å². The number of carbonyl (C=O) groups is 1. The molecule has 0 saturated heterocycles. The molecule has 32 heavy (non-hydrogen) atoms. The van der Waals surface area contributed by atoms with Crippen molar-refractivity contribution in [2.75, 3.05) is 23.0 Å². The Hall–Kier alpha value is -3.56. The van der Waals surface area contributed by atoms with E-state index in [0.29, 0.717) is 10.0 Å². The fourth-order valence-electron chi connectivity index (χ4n) is 3.02. The zero-order chi connectivity index (χ0) is 23.3. The number of nitrogen functional groups attached to an aromatic ring is 1. The summed E-state index contributed by atoms with van der Waals surface area (Å²) in [6.45, 7) is 1.79. The topological polar surface area (TPSA) is 132 Å². The second kappa shape index (κ2) is 10.2. The molecule has 0 spiro atoms. The van der Waals surface area contributed by atoms with Crippen LogP contribution in [0.15, 0.2) is 54.6 Å². The summed E-state index contributed by atoms with van der Waals surface area (Å²) in [6.07, 6.45) is -0.758. The number of benzene rings is 2. The third-order valence-corrected chi connectivity index (χ3v) is 4.92. The molecule has 166 valence electrons. The SMILES string of the molecule is CCOC(=O)Nc1cc(NC(c2ccc(Cl)cc2)c2ccc(Cl)cc2)c([N+](=O)[O-])c(N)n1. The van der Waals surface area contributed by atoms with Crippen molar-refractivity contribution in [3.8, 4) is 0 Å². The van der Waals surface area contributed by atoms with Crippen LogP contribution in [-0.4, -0.2) is 22.6 Å². The molecule has 0 fully saturated rings. The highest BCUT2D eigenvalue weighted by molar-refractivity contribution is 6.30. The maximum atomic E-state index is 11.8. The summed E-state index contributed by atoms with van der Waals surface area (Å²) in [5.74, 6) is -0.363. The Morgan fingerprint density at radius 2 is 1.66 bits per heavy atom. The summed E-state index contributed by atoms with van der Waals surface area (Å²) in [7, 11) is 0. The molecule has 0 aliphatic heterocycles. The van der Waals surface area contributed by atoms with Gasteiger partial charge >= 0.3 is 11.8 Å². The molecule has 1 amide bonds. The van der Waals surface area contributed by atoms with Gasteiger partial charge in [0.25, 0.3) is 0 Å². The van der Waals surface area contributed by atoms with Crippen LogP contribution in [0.5, 0.6) is 0 Å². The molecule has 3 rings (SSSR count). The number of aromatic nitrogens is 1. The Morgan fingerprint density at radius 3 is 2.12 bits per heavy atom. The highest BCUT2D eigenvalue weighted by atomic mass is 35.5. The first-order valence-electron chi connectivity index (χ1n) is 9.44. The third kappa shape index (κ3) is 5.57. The number of carbonyl (C=O) groups excluding carboxylic acids is 1. The molecule has 0 bridgehead atoms. The lowest BCUT2D eigenvalue weighted by atomic mass is 9.98. The maximum Gasteiger partial charge on any atom is 0.412 e. The number of halogens is 2.